The van der Waals surface area contributed by atoms with Gasteiger partial charge in [0.15, 0.2) is 5.69 Å². The van der Waals surface area contributed by atoms with Crippen LogP contribution < -0.4 is 0 Å². The Balaban J connectivity index is 1.87. The van der Waals surface area contributed by atoms with Gasteiger partial charge in [0.2, 0.25) is 4.96 Å². The number of hydrogen-bond donors (Lipinski definition) is 0. The molecule has 4 rings (SSSR count). The average molecular weight is 281 g/mol. The van der Waals surface area contributed by atoms with Crippen molar-refractivity contribution in [2.75, 3.05) is 0 Å². The van der Waals surface area contributed by atoms with Gasteiger partial charge in [-0.1, -0.05) is 17.8 Å². The third-order valence-corrected chi connectivity index (χ3v) is 4.80. The molecule has 6 heteroatoms. The van der Waals surface area contributed by atoms with Gasteiger partial charge in [0.1, 0.15) is 16.8 Å². The molecule has 0 aromatic carbocycles. The summed E-state index contributed by atoms with van der Waals surface area (Å²) in [6, 6.07) is 5.95. The molecule has 1 fully saturated rings. The van der Waals surface area contributed by atoms with Gasteiger partial charge >= 0.3 is 0 Å². The summed E-state index contributed by atoms with van der Waals surface area (Å²) >= 11 is 1.60. The van der Waals surface area contributed by atoms with E-state index in [0.717, 1.165) is 15.5 Å². The van der Waals surface area contributed by atoms with Crippen LogP contribution in [0.2, 0.25) is 0 Å². The van der Waals surface area contributed by atoms with Crippen LogP contribution in [0.25, 0.3) is 16.2 Å². The van der Waals surface area contributed by atoms with Gasteiger partial charge in [0.05, 0.1) is 0 Å². The molecule has 0 saturated heterocycles. The number of nitrogens with zero attached hydrogens (tertiary/aromatic N) is 5. The minimum Gasteiger partial charge on any atom is -0.265 e. The zero-order valence-corrected chi connectivity index (χ0v) is 11.5. The third kappa shape index (κ3) is 1.63. The highest BCUT2D eigenvalue weighted by atomic mass is 32.1. The second kappa shape index (κ2) is 4.39. The maximum absolute atomic E-state index is 9.42. The summed E-state index contributed by atoms with van der Waals surface area (Å²) in [4.78, 5) is 9.38. The molecule has 98 valence electrons. The molecule has 3 aromatic rings. The first-order valence-electron chi connectivity index (χ1n) is 6.57. The predicted octanol–water partition coefficient (Wildman–Crippen LogP) is 2.99. The Morgan fingerprint density at radius 2 is 2.10 bits per heavy atom. The van der Waals surface area contributed by atoms with Crippen LogP contribution in [0.15, 0.2) is 24.5 Å². The van der Waals surface area contributed by atoms with E-state index in [1.807, 2.05) is 12.1 Å². The van der Waals surface area contributed by atoms with Crippen LogP contribution in [0.1, 0.15) is 35.9 Å². The summed E-state index contributed by atoms with van der Waals surface area (Å²) in [6.45, 7) is 0. The van der Waals surface area contributed by atoms with Crippen LogP contribution in [0.4, 0.5) is 0 Å². The molecule has 20 heavy (non-hydrogen) atoms. The van der Waals surface area contributed by atoms with E-state index in [1.54, 1.807) is 28.2 Å². The van der Waals surface area contributed by atoms with Crippen LogP contribution in [-0.2, 0) is 0 Å². The lowest BCUT2D eigenvalue weighted by Gasteiger charge is -2.21. The fraction of sp³-hybridized carbons (Fsp3) is 0.286. The molecule has 5 nitrogen and oxygen atoms in total. The quantitative estimate of drug-likeness (QED) is 0.724. The standard InChI is InChI=1S/C14H11N5S/c15-8-11-12(9-4-6-16-7-5-9)17-14-19(11)18-13(20-14)10-2-1-3-10/h4-7,10H,1-3H2. The molecule has 1 aliphatic carbocycles. The third-order valence-electron chi connectivity index (χ3n) is 3.73. The zero-order chi connectivity index (χ0) is 13.5. The van der Waals surface area contributed by atoms with E-state index in [0.29, 0.717) is 17.3 Å². The van der Waals surface area contributed by atoms with Crippen LogP contribution in [0.5, 0.6) is 0 Å². The number of aromatic nitrogens is 4. The van der Waals surface area contributed by atoms with Crippen molar-refractivity contribution in [1.29, 1.82) is 5.26 Å². The second-order valence-electron chi connectivity index (χ2n) is 4.92. The van der Waals surface area contributed by atoms with E-state index in [4.69, 9.17) is 0 Å². The van der Waals surface area contributed by atoms with Gasteiger partial charge in [-0.15, -0.1) is 0 Å². The average Bonchev–Trinajstić information content (AvgIpc) is 2.94. The maximum atomic E-state index is 9.42. The van der Waals surface area contributed by atoms with Gasteiger partial charge in [0.25, 0.3) is 0 Å². The molecule has 3 aromatic heterocycles. The summed E-state index contributed by atoms with van der Waals surface area (Å²) in [5.41, 5.74) is 2.10. The molecule has 0 atom stereocenters. The highest BCUT2D eigenvalue weighted by molar-refractivity contribution is 7.16. The highest BCUT2D eigenvalue weighted by Gasteiger charge is 2.25. The fourth-order valence-electron chi connectivity index (χ4n) is 2.39. The Labute approximate surface area is 119 Å². The number of nitriles is 1. The van der Waals surface area contributed by atoms with E-state index in [-0.39, 0.29) is 0 Å². The first kappa shape index (κ1) is 11.6. The molecule has 1 saturated carbocycles. The molecular weight excluding hydrogens is 270 g/mol. The summed E-state index contributed by atoms with van der Waals surface area (Å²) in [5, 5.41) is 15.1. The minimum absolute atomic E-state index is 0.507. The van der Waals surface area contributed by atoms with Crippen LogP contribution in [-0.4, -0.2) is 19.6 Å². The van der Waals surface area contributed by atoms with Gasteiger partial charge in [-0.25, -0.2) is 4.98 Å². The second-order valence-corrected chi connectivity index (χ2v) is 5.91. The lowest BCUT2D eigenvalue weighted by molar-refractivity contribution is 0.415. The molecule has 0 N–H and O–H groups in total. The summed E-state index contributed by atoms with van der Waals surface area (Å²) in [7, 11) is 0. The fourth-order valence-corrected chi connectivity index (χ4v) is 3.46. The van der Waals surface area contributed by atoms with Crippen molar-refractivity contribution in [2.24, 2.45) is 0 Å². The first-order valence-corrected chi connectivity index (χ1v) is 7.38. The number of fused-ring (bicyclic) bond motifs is 1. The van der Waals surface area contributed by atoms with Crippen LogP contribution in [0.3, 0.4) is 0 Å². The Morgan fingerprint density at radius 1 is 1.30 bits per heavy atom. The number of imidazole rings is 1. The Kier molecular flexibility index (Phi) is 2.54. The van der Waals surface area contributed by atoms with Gasteiger partial charge in [-0.05, 0) is 25.0 Å². The van der Waals surface area contributed by atoms with E-state index < -0.39 is 0 Å². The predicted molar refractivity (Wildman–Crippen MR) is 75.4 cm³/mol. The maximum Gasteiger partial charge on any atom is 0.214 e. The molecule has 0 spiro atoms. The number of pyridine rings is 1. The first-order chi connectivity index (χ1) is 9.86. The topological polar surface area (TPSA) is 66.9 Å². The van der Waals surface area contributed by atoms with E-state index in [1.165, 1.54) is 19.3 Å². The monoisotopic (exact) mass is 281 g/mol. The van der Waals surface area contributed by atoms with Gasteiger partial charge < -0.3 is 0 Å². The van der Waals surface area contributed by atoms with Crippen molar-refractivity contribution in [3.63, 3.8) is 0 Å². The normalized spacial score (nSPS) is 15.2. The smallest absolute Gasteiger partial charge is 0.214 e. The van der Waals surface area contributed by atoms with E-state index in [9.17, 15) is 5.26 Å². The van der Waals surface area contributed by atoms with Crippen LogP contribution >= 0.6 is 11.3 Å². The van der Waals surface area contributed by atoms with Crippen molar-refractivity contribution in [1.82, 2.24) is 19.6 Å². The number of rotatable bonds is 2. The molecule has 0 unspecified atom stereocenters. The van der Waals surface area contributed by atoms with Crippen molar-refractivity contribution in [2.45, 2.75) is 25.2 Å². The summed E-state index contributed by atoms with van der Waals surface area (Å²) in [6.07, 6.45) is 7.10. The summed E-state index contributed by atoms with van der Waals surface area (Å²) in [5.74, 6) is 0.567. The molecule has 0 radical (unpaired) electrons. The van der Waals surface area contributed by atoms with E-state index >= 15 is 0 Å². The van der Waals surface area contributed by atoms with Gasteiger partial charge in [-0.2, -0.15) is 14.9 Å². The Bertz CT molecular complexity index is 807. The zero-order valence-electron chi connectivity index (χ0n) is 10.7. The molecule has 1 aliphatic rings. The molecule has 3 heterocycles. The lowest BCUT2D eigenvalue weighted by Crippen LogP contribution is -2.08. The largest absolute Gasteiger partial charge is 0.265 e. The molecule has 0 aliphatic heterocycles. The minimum atomic E-state index is 0.507. The van der Waals surface area contributed by atoms with Crippen molar-refractivity contribution in [3.8, 4) is 17.3 Å². The van der Waals surface area contributed by atoms with Gasteiger partial charge in [0, 0.05) is 23.9 Å². The number of hydrogen-bond acceptors (Lipinski definition) is 5. The SMILES string of the molecule is N#Cc1c(-c2ccncc2)nc2sc(C3CCC3)nn12. The molecular formula is C14H11N5S. The molecule has 0 amide bonds. The van der Waals surface area contributed by atoms with Crippen molar-refractivity contribution in [3.05, 3.63) is 35.2 Å². The Morgan fingerprint density at radius 3 is 2.75 bits per heavy atom. The lowest BCUT2D eigenvalue weighted by atomic mass is 9.86. The van der Waals surface area contributed by atoms with Crippen molar-refractivity contribution >= 4 is 16.3 Å². The van der Waals surface area contributed by atoms with E-state index in [2.05, 4.69) is 21.1 Å². The van der Waals surface area contributed by atoms with Crippen LogP contribution in [0, 0.1) is 11.3 Å². The molecule has 0 bridgehead atoms. The van der Waals surface area contributed by atoms with Crippen molar-refractivity contribution < 1.29 is 0 Å². The highest BCUT2D eigenvalue weighted by Crippen LogP contribution is 2.39. The Hall–Kier alpha value is -2.26. The van der Waals surface area contributed by atoms with Gasteiger partial charge in [-0.3, -0.25) is 4.98 Å². The summed E-state index contributed by atoms with van der Waals surface area (Å²) < 4.78 is 1.69.